The van der Waals surface area contributed by atoms with Crippen LogP contribution >= 0.6 is 0 Å². The smallest absolute Gasteiger partial charge is 0.168 e. The fraction of sp³-hybridized carbons (Fsp3) is 0.476. The molecule has 0 radical (unpaired) electrons. The molecule has 1 spiro atoms. The van der Waals surface area contributed by atoms with Crippen molar-refractivity contribution < 1.29 is 9.47 Å². The van der Waals surface area contributed by atoms with Crippen molar-refractivity contribution in [3.63, 3.8) is 0 Å². The van der Waals surface area contributed by atoms with E-state index in [-0.39, 0.29) is 5.79 Å². The van der Waals surface area contributed by atoms with E-state index < -0.39 is 0 Å². The van der Waals surface area contributed by atoms with E-state index in [4.69, 9.17) is 9.47 Å². The summed E-state index contributed by atoms with van der Waals surface area (Å²) in [5, 5.41) is 2.59. The Morgan fingerprint density at radius 1 is 1.20 bits per heavy atom. The Morgan fingerprint density at radius 2 is 2.00 bits per heavy atom. The highest BCUT2D eigenvalue weighted by Gasteiger charge is 2.42. The highest BCUT2D eigenvalue weighted by Crippen LogP contribution is 2.42. The maximum absolute atomic E-state index is 5.90. The molecule has 2 aliphatic heterocycles. The number of benzene rings is 1. The van der Waals surface area contributed by atoms with Crippen LogP contribution in [0.5, 0.6) is 0 Å². The third kappa shape index (κ3) is 2.39. The molecule has 0 unspecified atom stereocenters. The van der Waals surface area contributed by atoms with E-state index in [1.807, 2.05) is 12.3 Å². The first kappa shape index (κ1) is 15.4. The van der Waals surface area contributed by atoms with Crippen LogP contribution in [0.1, 0.15) is 36.9 Å². The molecule has 5 rings (SSSR count). The lowest BCUT2D eigenvalue weighted by molar-refractivity contribution is -0.178. The van der Waals surface area contributed by atoms with Gasteiger partial charge in [0.2, 0.25) is 0 Å². The molecular weight excluding hydrogens is 312 g/mol. The number of hydrogen-bond acceptors (Lipinski definition) is 4. The summed E-state index contributed by atoms with van der Waals surface area (Å²) in [4.78, 5) is 7.20. The predicted molar refractivity (Wildman–Crippen MR) is 99.8 cm³/mol. The van der Waals surface area contributed by atoms with Gasteiger partial charge in [0.05, 0.1) is 18.9 Å². The van der Waals surface area contributed by atoms with E-state index in [2.05, 4.69) is 34.7 Å². The predicted octanol–water partition coefficient (Wildman–Crippen LogP) is 3.93. The van der Waals surface area contributed by atoms with Crippen molar-refractivity contribution in [1.82, 2.24) is 4.98 Å². The molecule has 0 amide bonds. The van der Waals surface area contributed by atoms with Gasteiger partial charge in [-0.1, -0.05) is 18.7 Å². The SMILES string of the molecule is C=Cc1ncc2c3c(cccc13)N(C1CCC3(CC1)OCCO3)CC2. The Morgan fingerprint density at radius 3 is 2.76 bits per heavy atom. The number of pyridine rings is 1. The maximum Gasteiger partial charge on any atom is 0.168 e. The lowest BCUT2D eigenvalue weighted by atomic mass is 9.87. The molecule has 130 valence electrons. The molecule has 3 heterocycles. The minimum atomic E-state index is -0.282. The van der Waals surface area contributed by atoms with Crippen LogP contribution in [0.25, 0.3) is 16.8 Å². The molecule has 25 heavy (non-hydrogen) atoms. The van der Waals surface area contributed by atoms with Gasteiger partial charge >= 0.3 is 0 Å². The van der Waals surface area contributed by atoms with Crippen molar-refractivity contribution in [3.05, 3.63) is 42.2 Å². The van der Waals surface area contributed by atoms with Crippen molar-refractivity contribution in [1.29, 1.82) is 0 Å². The first-order chi connectivity index (χ1) is 12.3. The van der Waals surface area contributed by atoms with E-state index in [1.165, 1.54) is 22.0 Å². The van der Waals surface area contributed by atoms with Crippen LogP contribution in [0.4, 0.5) is 5.69 Å². The first-order valence-electron chi connectivity index (χ1n) is 9.37. The van der Waals surface area contributed by atoms with Gasteiger partial charge in [0, 0.05) is 48.1 Å². The van der Waals surface area contributed by atoms with Gasteiger partial charge in [-0.2, -0.15) is 0 Å². The van der Waals surface area contributed by atoms with Crippen LogP contribution in [0.3, 0.4) is 0 Å². The molecule has 0 atom stereocenters. The lowest BCUT2D eigenvalue weighted by Crippen LogP contribution is -2.46. The van der Waals surface area contributed by atoms with E-state index >= 15 is 0 Å². The summed E-state index contributed by atoms with van der Waals surface area (Å²) >= 11 is 0. The summed E-state index contributed by atoms with van der Waals surface area (Å²) in [5.74, 6) is -0.282. The molecular formula is C21H24N2O2. The Hall–Kier alpha value is -1.91. The molecule has 1 aromatic carbocycles. The molecule has 1 saturated heterocycles. The zero-order valence-corrected chi connectivity index (χ0v) is 14.5. The van der Waals surface area contributed by atoms with Gasteiger partial charge in [-0.3, -0.25) is 4.98 Å². The Kier molecular flexibility index (Phi) is 3.57. The Balaban J connectivity index is 1.49. The van der Waals surface area contributed by atoms with Gasteiger partial charge < -0.3 is 14.4 Å². The van der Waals surface area contributed by atoms with Crippen LogP contribution in [-0.2, 0) is 15.9 Å². The highest BCUT2D eigenvalue weighted by molar-refractivity contribution is 6.01. The number of rotatable bonds is 2. The van der Waals surface area contributed by atoms with Crippen molar-refractivity contribution >= 4 is 22.5 Å². The first-order valence-corrected chi connectivity index (χ1v) is 9.37. The number of anilines is 1. The van der Waals surface area contributed by atoms with Crippen molar-refractivity contribution in [2.24, 2.45) is 0 Å². The van der Waals surface area contributed by atoms with E-state index in [0.717, 1.165) is 57.6 Å². The number of hydrogen-bond donors (Lipinski definition) is 0. The largest absolute Gasteiger partial charge is 0.368 e. The molecule has 1 aliphatic carbocycles. The summed E-state index contributed by atoms with van der Waals surface area (Å²) in [6, 6.07) is 7.16. The normalized spacial score (nSPS) is 22.6. The van der Waals surface area contributed by atoms with E-state index in [1.54, 1.807) is 0 Å². The quantitative estimate of drug-likeness (QED) is 0.832. The van der Waals surface area contributed by atoms with E-state index in [9.17, 15) is 0 Å². The monoisotopic (exact) mass is 336 g/mol. The standard InChI is InChI=1S/C21H24N2O2/c1-2-18-17-4-3-5-19-20(17)15(14-22-18)8-11-23(19)16-6-9-21(10-7-16)24-12-13-25-21/h2-5,14,16H,1,6-13H2. The van der Waals surface area contributed by atoms with Crippen LogP contribution in [0, 0.1) is 0 Å². The molecule has 0 bridgehead atoms. The van der Waals surface area contributed by atoms with Crippen molar-refractivity contribution in [2.75, 3.05) is 24.7 Å². The van der Waals surface area contributed by atoms with Gasteiger partial charge in [-0.25, -0.2) is 0 Å². The fourth-order valence-corrected chi connectivity index (χ4v) is 4.84. The number of nitrogens with zero attached hydrogens (tertiary/aromatic N) is 2. The van der Waals surface area contributed by atoms with Crippen LogP contribution in [0.15, 0.2) is 31.0 Å². The molecule has 4 heteroatoms. The average molecular weight is 336 g/mol. The van der Waals surface area contributed by atoms with Crippen molar-refractivity contribution in [3.8, 4) is 0 Å². The number of aromatic nitrogens is 1. The summed E-state index contributed by atoms with van der Waals surface area (Å²) < 4.78 is 11.8. The zero-order valence-electron chi connectivity index (χ0n) is 14.5. The second kappa shape index (κ2) is 5.82. The van der Waals surface area contributed by atoms with Crippen molar-refractivity contribution in [2.45, 2.75) is 43.9 Å². The van der Waals surface area contributed by atoms with Gasteiger partial charge in [0.15, 0.2) is 5.79 Å². The molecule has 1 saturated carbocycles. The zero-order chi connectivity index (χ0) is 16.9. The summed E-state index contributed by atoms with van der Waals surface area (Å²) in [7, 11) is 0. The second-order valence-electron chi connectivity index (χ2n) is 7.35. The summed E-state index contributed by atoms with van der Waals surface area (Å²) in [6.07, 6.45) is 9.23. The van der Waals surface area contributed by atoms with Gasteiger partial charge in [-0.15, -0.1) is 0 Å². The summed E-state index contributed by atoms with van der Waals surface area (Å²) in [5.41, 5.74) is 3.71. The third-order valence-electron chi connectivity index (χ3n) is 6.10. The molecule has 1 aromatic heterocycles. The van der Waals surface area contributed by atoms with Crippen LogP contribution < -0.4 is 4.90 Å². The third-order valence-corrected chi connectivity index (χ3v) is 6.10. The fourth-order valence-electron chi connectivity index (χ4n) is 4.84. The van der Waals surface area contributed by atoms with Gasteiger partial charge in [0.1, 0.15) is 0 Å². The maximum atomic E-state index is 5.90. The Bertz CT molecular complexity index is 816. The van der Waals surface area contributed by atoms with E-state index in [0.29, 0.717) is 6.04 Å². The minimum absolute atomic E-state index is 0.282. The molecule has 3 aliphatic rings. The van der Waals surface area contributed by atoms with Crippen LogP contribution in [0.2, 0.25) is 0 Å². The number of ether oxygens (including phenoxy) is 2. The Labute approximate surface area is 148 Å². The second-order valence-corrected chi connectivity index (χ2v) is 7.35. The molecule has 2 aromatic rings. The highest BCUT2D eigenvalue weighted by atomic mass is 16.7. The lowest BCUT2D eigenvalue weighted by Gasteiger charge is -2.43. The van der Waals surface area contributed by atoms with Gasteiger partial charge in [-0.05, 0) is 37.0 Å². The summed E-state index contributed by atoms with van der Waals surface area (Å²) in [6.45, 7) is 6.50. The average Bonchev–Trinajstić information content (AvgIpc) is 3.11. The van der Waals surface area contributed by atoms with Gasteiger partial charge in [0.25, 0.3) is 0 Å². The molecule has 0 N–H and O–H groups in total. The topological polar surface area (TPSA) is 34.6 Å². The molecule has 4 nitrogen and oxygen atoms in total. The molecule has 2 fully saturated rings. The van der Waals surface area contributed by atoms with Crippen LogP contribution in [-0.4, -0.2) is 36.6 Å². The minimum Gasteiger partial charge on any atom is -0.368 e.